The van der Waals surface area contributed by atoms with Crippen molar-refractivity contribution in [3.63, 3.8) is 0 Å². The molecule has 0 N–H and O–H groups in total. The van der Waals surface area contributed by atoms with Gasteiger partial charge in [-0.15, -0.1) is 0 Å². The van der Waals surface area contributed by atoms with Gasteiger partial charge in [-0.25, -0.2) is 4.79 Å². The summed E-state index contributed by atoms with van der Waals surface area (Å²) in [5.74, 6) is 0.175. The molecule has 1 aromatic carbocycles. The molecule has 0 amide bonds. The average Bonchev–Trinajstić information content (AvgIpc) is 2.22. The lowest BCUT2D eigenvalue weighted by Crippen LogP contribution is -2.26. The number of ether oxygens (including phenoxy) is 2. The Bertz CT molecular complexity index is 381. The fourth-order valence-electron chi connectivity index (χ4n) is 1.07. The van der Waals surface area contributed by atoms with Crippen LogP contribution in [0.15, 0.2) is 22.7 Å². The lowest BCUT2D eigenvalue weighted by molar-refractivity contribution is -0.150. The first kappa shape index (κ1) is 13.3. The molecule has 16 heavy (non-hydrogen) atoms. The smallest absolute Gasteiger partial charge is 0.347 e. The Balaban J connectivity index is 2.69. The largest absolute Gasteiger partial charge is 0.478 e. The van der Waals surface area contributed by atoms with E-state index in [1.807, 2.05) is 0 Å². The van der Waals surface area contributed by atoms with Crippen molar-refractivity contribution < 1.29 is 14.3 Å². The maximum atomic E-state index is 11.3. The summed E-state index contributed by atoms with van der Waals surface area (Å²) in [6, 6.07) is 5.09. The molecule has 88 valence electrons. The van der Waals surface area contributed by atoms with Gasteiger partial charge in [-0.2, -0.15) is 0 Å². The standard InChI is InChI=1S/C11H12BrClO3/c1-3-15-11(14)7(2)16-10-5-4-8(13)6-9(10)12/h4-7H,3H2,1-2H3. The van der Waals surface area contributed by atoms with Crippen LogP contribution in [0.4, 0.5) is 0 Å². The van der Waals surface area contributed by atoms with Crippen LogP contribution in [0.3, 0.4) is 0 Å². The van der Waals surface area contributed by atoms with Gasteiger partial charge in [-0.3, -0.25) is 0 Å². The van der Waals surface area contributed by atoms with Gasteiger partial charge in [0.15, 0.2) is 6.10 Å². The summed E-state index contributed by atoms with van der Waals surface area (Å²) in [4.78, 5) is 11.3. The zero-order valence-electron chi connectivity index (χ0n) is 9.00. The lowest BCUT2D eigenvalue weighted by Gasteiger charge is -2.14. The molecule has 0 aromatic heterocycles. The molecule has 0 aliphatic heterocycles. The minimum atomic E-state index is -0.641. The highest BCUT2D eigenvalue weighted by atomic mass is 79.9. The van der Waals surface area contributed by atoms with Crippen LogP contribution in [0.1, 0.15) is 13.8 Å². The van der Waals surface area contributed by atoms with Crippen molar-refractivity contribution in [3.05, 3.63) is 27.7 Å². The van der Waals surface area contributed by atoms with E-state index in [0.717, 1.165) is 0 Å². The monoisotopic (exact) mass is 306 g/mol. The van der Waals surface area contributed by atoms with E-state index >= 15 is 0 Å². The van der Waals surface area contributed by atoms with E-state index in [0.29, 0.717) is 21.9 Å². The van der Waals surface area contributed by atoms with Crippen molar-refractivity contribution in [1.82, 2.24) is 0 Å². The molecule has 1 rings (SSSR count). The quantitative estimate of drug-likeness (QED) is 0.799. The summed E-state index contributed by atoms with van der Waals surface area (Å²) in [6.07, 6.45) is -0.641. The van der Waals surface area contributed by atoms with Gasteiger partial charge in [0, 0.05) is 5.02 Å². The highest BCUT2D eigenvalue weighted by Crippen LogP contribution is 2.28. The summed E-state index contributed by atoms with van der Waals surface area (Å²) in [5, 5.41) is 0.600. The van der Waals surface area contributed by atoms with Crippen molar-refractivity contribution in [2.24, 2.45) is 0 Å². The first-order chi connectivity index (χ1) is 7.54. The fourth-order valence-corrected chi connectivity index (χ4v) is 1.85. The topological polar surface area (TPSA) is 35.5 Å². The van der Waals surface area contributed by atoms with Crippen LogP contribution in [0, 0.1) is 0 Å². The van der Waals surface area contributed by atoms with Crippen LogP contribution >= 0.6 is 27.5 Å². The van der Waals surface area contributed by atoms with E-state index in [1.54, 1.807) is 32.0 Å². The molecule has 0 saturated heterocycles. The second-order valence-corrected chi connectivity index (χ2v) is 4.38. The molecule has 0 heterocycles. The maximum Gasteiger partial charge on any atom is 0.347 e. The van der Waals surface area contributed by atoms with Crippen LogP contribution in [-0.2, 0) is 9.53 Å². The zero-order valence-corrected chi connectivity index (χ0v) is 11.3. The normalized spacial score (nSPS) is 12.0. The number of carbonyl (C=O) groups excluding carboxylic acids is 1. The van der Waals surface area contributed by atoms with Crippen LogP contribution in [0.5, 0.6) is 5.75 Å². The van der Waals surface area contributed by atoms with Crippen molar-refractivity contribution in [2.75, 3.05) is 6.61 Å². The van der Waals surface area contributed by atoms with Gasteiger partial charge < -0.3 is 9.47 Å². The predicted molar refractivity (Wildman–Crippen MR) is 65.9 cm³/mol. The van der Waals surface area contributed by atoms with E-state index in [2.05, 4.69) is 15.9 Å². The number of hydrogen-bond donors (Lipinski definition) is 0. The highest BCUT2D eigenvalue weighted by molar-refractivity contribution is 9.10. The van der Waals surface area contributed by atoms with Gasteiger partial charge in [-0.05, 0) is 48.0 Å². The molecule has 5 heteroatoms. The third-order valence-corrected chi connectivity index (χ3v) is 2.67. The molecular formula is C11H12BrClO3. The summed E-state index contributed by atoms with van der Waals surface area (Å²) in [6.45, 7) is 3.73. The molecule has 3 nitrogen and oxygen atoms in total. The Morgan fingerprint density at radius 1 is 1.56 bits per heavy atom. The molecule has 0 saturated carbocycles. The number of benzene rings is 1. The van der Waals surface area contributed by atoms with Gasteiger partial charge >= 0.3 is 5.97 Å². The van der Waals surface area contributed by atoms with Gasteiger partial charge in [0.25, 0.3) is 0 Å². The van der Waals surface area contributed by atoms with E-state index in [9.17, 15) is 4.79 Å². The summed E-state index contributed by atoms with van der Waals surface area (Å²) in [5.41, 5.74) is 0. The fraction of sp³-hybridized carbons (Fsp3) is 0.364. The molecule has 0 aliphatic carbocycles. The Morgan fingerprint density at radius 2 is 2.25 bits per heavy atom. The third-order valence-electron chi connectivity index (χ3n) is 1.82. The minimum absolute atomic E-state index is 0.342. The highest BCUT2D eigenvalue weighted by Gasteiger charge is 2.16. The van der Waals surface area contributed by atoms with Crippen molar-refractivity contribution in [1.29, 1.82) is 0 Å². The summed E-state index contributed by atoms with van der Waals surface area (Å²) in [7, 11) is 0. The first-order valence-corrected chi connectivity index (χ1v) is 6.00. The van der Waals surface area contributed by atoms with E-state index < -0.39 is 6.10 Å². The van der Waals surface area contributed by atoms with Crippen LogP contribution in [-0.4, -0.2) is 18.7 Å². The Kier molecular flexibility index (Phi) is 5.09. The van der Waals surface area contributed by atoms with Gasteiger partial charge in [0.05, 0.1) is 11.1 Å². The lowest BCUT2D eigenvalue weighted by atomic mass is 10.3. The number of esters is 1. The SMILES string of the molecule is CCOC(=O)C(C)Oc1ccc(Cl)cc1Br. The number of carbonyl (C=O) groups is 1. The molecule has 0 spiro atoms. The average molecular weight is 308 g/mol. The summed E-state index contributed by atoms with van der Waals surface area (Å²) < 4.78 is 11.0. The van der Waals surface area contributed by atoms with E-state index in [4.69, 9.17) is 21.1 Å². The van der Waals surface area contributed by atoms with Crippen LogP contribution in [0.25, 0.3) is 0 Å². The zero-order chi connectivity index (χ0) is 12.1. The molecule has 0 bridgehead atoms. The van der Waals surface area contributed by atoms with Gasteiger partial charge in [0.2, 0.25) is 0 Å². The predicted octanol–water partition coefficient (Wildman–Crippen LogP) is 3.43. The van der Waals surface area contributed by atoms with Crippen molar-refractivity contribution in [2.45, 2.75) is 20.0 Å². The number of hydrogen-bond acceptors (Lipinski definition) is 3. The molecule has 1 unspecified atom stereocenters. The minimum Gasteiger partial charge on any atom is -0.478 e. The second-order valence-electron chi connectivity index (χ2n) is 3.09. The first-order valence-electron chi connectivity index (χ1n) is 4.83. The van der Waals surface area contributed by atoms with Crippen LogP contribution < -0.4 is 4.74 Å². The molecular weight excluding hydrogens is 295 g/mol. The van der Waals surface area contributed by atoms with Crippen LogP contribution in [0.2, 0.25) is 5.02 Å². The number of halogens is 2. The number of rotatable bonds is 4. The van der Waals surface area contributed by atoms with Crippen molar-refractivity contribution >= 4 is 33.5 Å². The Morgan fingerprint density at radius 3 is 2.81 bits per heavy atom. The molecule has 1 aromatic rings. The van der Waals surface area contributed by atoms with Gasteiger partial charge in [0.1, 0.15) is 5.75 Å². The molecule has 0 fully saturated rings. The van der Waals surface area contributed by atoms with E-state index in [1.165, 1.54) is 0 Å². The second kappa shape index (κ2) is 6.11. The van der Waals surface area contributed by atoms with E-state index in [-0.39, 0.29) is 5.97 Å². The van der Waals surface area contributed by atoms with Crippen molar-refractivity contribution in [3.8, 4) is 5.75 Å². The van der Waals surface area contributed by atoms with Gasteiger partial charge in [-0.1, -0.05) is 11.6 Å². The Hall–Kier alpha value is -0.740. The maximum absolute atomic E-state index is 11.3. The molecule has 1 atom stereocenters. The summed E-state index contributed by atoms with van der Waals surface area (Å²) >= 11 is 9.09. The third kappa shape index (κ3) is 3.68. The molecule has 0 radical (unpaired) electrons. The molecule has 0 aliphatic rings. The Labute approximate surface area is 108 Å².